The number of nitrogens with zero attached hydrogens (tertiary/aromatic N) is 4. The molecule has 0 aliphatic carbocycles. The maximum Gasteiger partial charge on any atom is 0.416 e. The fourth-order valence-corrected chi connectivity index (χ4v) is 3.33. The molecule has 1 N–H and O–H groups in total. The molecule has 0 saturated heterocycles. The molecule has 0 amide bonds. The van der Waals surface area contributed by atoms with Gasteiger partial charge in [0.2, 0.25) is 5.88 Å². The molecule has 1 atom stereocenters. The first-order valence-electron chi connectivity index (χ1n) is 8.53. The number of hydrogen-bond donors (Lipinski definition) is 1. The van der Waals surface area contributed by atoms with E-state index in [0.717, 1.165) is 12.1 Å². The van der Waals surface area contributed by atoms with E-state index in [0.29, 0.717) is 27.5 Å². The SMILES string of the molecule is COc1c2ncc(Cl)cc2nn1CC(C)(C#N)NC(=S)c1ccc(C(F)(F)F)cc1. The van der Waals surface area contributed by atoms with Gasteiger partial charge in [0.1, 0.15) is 16.0 Å². The molecule has 3 rings (SSSR count). The van der Waals surface area contributed by atoms with Crippen LogP contribution in [0.3, 0.4) is 0 Å². The maximum absolute atomic E-state index is 12.7. The molecular weight excluding hydrogens is 439 g/mol. The second kappa shape index (κ2) is 8.08. The van der Waals surface area contributed by atoms with Gasteiger partial charge >= 0.3 is 6.18 Å². The molecule has 0 fully saturated rings. The van der Waals surface area contributed by atoms with Gasteiger partial charge in [0.25, 0.3) is 0 Å². The summed E-state index contributed by atoms with van der Waals surface area (Å²) in [6.45, 7) is 1.62. The van der Waals surface area contributed by atoms with Crippen molar-refractivity contribution in [3.8, 4) is 11.9 Å². The molecule has 0 aliphatic rings. The average Bonchev–Trinajstić information content (AvgIpc) is 3.02. The number of thiocarbonyl (C=S) groups is 1. The number of methoxy groups -OCH3 is 1. The monoisotopic (exact) mass is 453 g/mol. The number of aromatic nitrogens is 3. The maximum atomic E-state index is 12.7. The summed E-state index contributed by atoms with van der Waals surface area (Å²) in [4.78, 5) is 4.33. The zero-order valence-corrected chi connectivity index (χ0v) is 17.4. The molecule has 6 nitrogen and oxygen atoms in total. The number of nitrogens with one attached hydrogen (secondary N) is 1. The molecule has 1 unspecified atom stereocenters. The van der Waals surface area contributed by atoms with E-state index in [1.807, 2.05) is 0 Å². The summed E-state index contributed by atoms with van der Waals surface area (Å²) in [5.41, 5.74) is -0.696. The van der Waals surface area contributed by atoms with Crippen LogP contribution in [-0.2, 0) is 12.7 Å². The second-order valence-corrected chi connectivity index (χ2v) is 7.51. The van der Waals surface area contributed by atoms with Crippen molar-refractivity contribution in [2.24, 2.45) is 0 Å². The predicted molar refractivity (Wildman–Crippen MR) is 109 cm³/mol. The smallest absolute Gasteiger partial charge is 0.416 e. The minimum atomic E-state index is -4.44. The summed E-state index contributed by atoms with van der Waals surface area (Å²) in [5, 5.41) is 17.4. The van der Waals surface area contributed by atoms with E-state index in [1.54, 1.807) is 13.0 Å². The number of hydrogen-bond acceptors (Lipinski definition) is 5. The van der Waals surface area contributed by atoms with Gasteiger partial charge in [-0.25, -0.2) is 9.67 Å². The van der Waals surface area contributed by atoms with Gasteiger partial charge < -0.3 is 10.1 Å². The molecule has 0 bridgehead atoms. The van der Waals surface area contributed by atoms with Crippen LogP contribution in [0.25, 0.3) is 11.0 Å². The van der Waals surface area contributed by atoms with E-state index in [2.05, 4.69) is 21.5 Å². The Morgan fingerprint density at radius 1 is 1.33 bits per heavy atom. The Balaban J connectivity index is 1.85. The highest BCUT2D eigenvalue weighted by Crippen LogP contribution is 2.29. The number of pyridine rings is 1. The molecule has 11 heteroatoms. The lowest BCUT2D eigenvalue weighted by atomic mass is 10.0. The van der Waals surface area contributed by atoms with Crippen molar-refractivity contribution in [1.29, 1.82) is 5.26 Å². The van der Waals surface area contributed by atoms with Gasteiger partial charge in [-0.1, -0.05) is 36.0 Å². The highest BCUT2D eigenvalue weighted by molar-refractivity contribution is 7.80. The van der Waals surface area contributed by atoms with E-state index in [9.17, 15) is 18.4 Å². The lowest BCUT2D eigenvalue weighted by Gasteiger charge is -2.25. The lowest BCUT2D eigenvalue weighted by Crippen LogP contribution is -2.47. The Bertz CT molecular complexity index is 1140. The number of ether oxygens (including phenoxy) is 1. The quantitative estimate of drug-likeness (QED) is 0.578. The van der Waals surface area contributed by atoms with Gasteiger partial charge in [-0.2, -0.15) is 23.5 Å². The summed E-state index contributed by atoms with van der Waals surface area (Å²) in [5.74, 6) is 0.338. The number of benzene rings is 1. The standard InChI is InChI=1S/C19H15ClF3N5OS/c1-18(9-24,26-16(30)11-3-5-12(6-4-11)19(21,22)23)10-28-17(29-2)15-14(27-28)7-13(20)8-25-15/h3-8H,10H2,1-2H3,(H,26,30). The molecule has 0 aliphatic heterocycles. The first-order valence-corrected chi connectivity index (χ1v) is 9.32. The zero-order valence-electron chi connectivity index (χ0n) is 15.8. The second-order valence-electron chi connectivity index (χ2n) is 6.66. The summed E-state index contributed by atoms with van der Waals surface area (Å²) >= 11 is 11.3. The van der Waals surface area contributed by atoms with E-state index in [4.69, 9.17) is 28.6 Å². The fraction of sp³-hybridized carbons (Fsp3) is 0.263. The van der Waals surface area contributed by atoms with E-state index >= 15 is 0 Å². The fourth-order valence-electron chi connectivity index (χ4n) is 2.81. The molecule has 0 spiro atoms. The van der Waals surface area contributed by atoms with Gasteiger partial charge in [0.15, 0.2) is 5.52 Å². The van der Waals surface area contributed by atoms with Gasteiger partial charge in [-0.3, -0.25) is 0 Å². The summed E-state index contributed by atoms with van der Waals surface area (Å²) in [6, 6.07) is 8.13. The molecule has 0 saturated carbocycles. The number of halogens is 4. The lowest BCUT2D eigenvalue weighted by molar-refractivity contribution is -0.137. The van der Waals surface area contributed by atoms with Crippen LogP contribution in [0.4, 0.5) is 13.2 Å². The summed E-state index contributed by atoms with van der Waals surface area (Å²) in [7, 11) is 1.45. The van der Waals surface area contributed by atoms with Crippen LogP contribution in [-0.4, -0.2) is 32.4 Å². The van der Waals surface area contributed by atoms with Crippen LogP contribution in [0.15, 0.2) is 36.5 Å². The molecule has 3 aromatic rings. The number of fused-ring (bicyclic) bond motifs is 1. The molecule has 1 aromatic carbocycles. The minimum Gasteiger partial charge on any atom is -0.480 e. The highest BCUT2D eigenvalue weighted by Gasteiger charge is 2.31. The van der Waals surface area contributed by atoms with Crippen molar-refractivity contribution in [2.75, 3.05) is 7.11 Å². The van der Waals surface area contributed by atoms with Gasteiger partial charge in [-0.15, -0.1) is 0 Å². The average molecular weight is 454 g/mol. The van der Waals surface area contributed by atoms with Crippen molar-refractivity contribution >= 4 is 39.8 Å². The van der Waals surface area contributed by atoms with E-state index < -0.39 is 17.3 Å². The third kappa shape index (κ3) is 4.47. The van der Waals surface area contributed by atoms with Crippen LogP contribution in [0.5, 0.6) is 5.88 Å². The third-order valence-electron chi connectivity index (χ3n) is 4.27. The Morgan fingerprint density at radius 3 is 2.57 bits per heavy atom. The Labute approximate surface area is 180 Å². The van der Waals surface area contributed by atoms with E-state index in [1.165, 1.54) is 30.1 Å². The summed E-state index contributed by atoms with van der Waals surface area (Å²) < 4.78 is 45.1. The van der Waals surface area contributed by atoms with Gasteiger partial charge in [-0.05, 0) is 25.1 Å². The molecule has 0 radical (unpaired) electrons. The topological polar surface area (TPSA) is 75.8 Å². The van der Waals surface area contributed by atoms with Crippen LogP contribution in [0.1, 0.15) is 18.1 Å². The predicted octanol–water partition coefficient (Wildman–Crippen LogP) is 4.36. The summed E-state index contributed by atoms with van der Waals surface area (Å²) in [6.07, 6.45) is -2.98. The first-order chi connectivity index (χ1) is 14.1. The van der Waals surface area contributed by atoms with Crippen LogP contribution in [0, 0.1) is 11.3 Å². The van der Waals surface area contributed by atoms with Crippen molar-refractivity contribution in [1.82, 2.24) is 20.1 Å². The minimum absolute atomic E-state index is 0.0292. The Morgan fingerprint density at radius 2 is 2.00 bits per heavy atom. The zero-order chi connectivity index (χ0) is 22.1. The molecule has 2 aromatic heterocycles. The first kappa shape index (κ1) is 21.8. The highest BCUT2D eigenvalue weighted by atomic mass is 35.5. The molecular formula is C19H15ClF3N5OS. The van der Waals surface area contributed by atoms with Crippen molar-refractivity contribution in [3.05, 3.63) is 52.7 Å². The van der Waals surface area contributed by atoms with Crippen molar-refractivity contribution < 1.29 is 17.9 Å². The Hall–Kier alpha value is -2.90. The third-order valence-corrected chi connectivity index (χ3v) is 4.81. The van der Waals surface area contributed by atoms with Crippen LogP contribution in [0.2, 0.25) is 5.02 Å². The molecule has 30 heavy (non-hydrogen) atoms. The molecule has 2 heterocycles. The van der Waals surface area contributed by atoms with Crippen molar-refractivity contribution in [2.45, 2.75) is 25.2 Å². The van der Waals surface area contributed by atoms with Crippen LogP contribution >= 0.6 is 23.8 Å². The normalized spacial score (nSPS) is 13.5. The van der Waals surface area contributed by atoms with Crippen LogP contribution < -0.4 is 10.1 Å². The van der Waals surface area contributed by atoms with Crippen molar-refractivity contribution in [3.63, 3.8) is 0 Å². The Kier molecular flexibility index (Phi) is 5.87. The number of alkyl halides is 3. The largest absolute Gasteiger partial charge is 0.480 e. The number of nitriles is 1. The number of rotatable bonds is 5. The molecule has 156 valence electrons. The van der Waals surface area contributed by atoms with Gasteiger partial charge in [0, 0.05) is 11.8 Å². The van der Waals surface area contributed by atoms with Gasteiger partial charge in [0.05, 0.1) is 30.3 Å². The van der Waals surface area contributed by atoms with E-state index in [-0.39, 0.29) is 11.5 Å².